The largest absolute Gasteiger partial charge is 0.464 e. The van der Waals surface area contributed by atoms with Crippen molar-refractivity contribution >= 4 is 10.0 Å². The van der Waals surface area contributed by atoms with E-state index in [-0.39, 0.29) is 11.4 Å². The molecule has 0 radical (unpaired) electrons. The predicted octanol–water partition coefficient (Wildman–Crippen LogP) is 1.52. The third-order valence-electron chi connectivity index (χ3n) is 3.48. The number of hydrogen-bond donors (Lipinski definition) is 2. The van der Waals surface area contributed by atoms with Crippen LogP contribution in [0.5, 0.6) is 0 Å². The zero-order valence-electron chi connectivity index (χ0n) is 10.6. The first kappa shape index (κ1) is 13.6. The van der Waals surface area contributed by atoms with E-state index in [1.807, 2.05) is 0 Å². The van der Waals surface area contributed by atoms with E-state index in [9.17, 15) is 8.42 Å². The molecule has 2 rings (SSSR count). The van der Waals surface area contributed by atoms with E-state index in [1.165, 1.54) is 25.3 Å². The topological polar surface area (TPSA) is 85.3 Å². The Hall–Kier alpha value is -0.850. The second-order valence-electron chi connectivity index (χ2n) is 4.82. The smallest absolute Gasteiger partial charge is 0.244 e. The quantitative estimate of drug-likeness (QED) is 0.822. The molecule has 1 aromatic heterocycles. The van der Waals surface area contributed by atoms with Crippen LogP contribution in [0.25, 0.3) is 0 Å². The highest BCUT2D eigenvalue weighted by Gasteiger charge is 2.22. The van der Waals surface area contributed by atoms with E-state index in [4.69, 9.17) is 10.2 Å². The summed E-state index contributed by atoms with van der Waals surface area (Å²) in [6.45, 7) is 2.34. The van der Waals surface area contributed by atoms with E-state index in [0.29, 0.717) is 24.0 Å². The molecule has 1 heterocycles. The van der Waals surface area contributed by atoms with Crippen molar-refractivity contribution in [1.29, 1.82) is 0 Å². The molecule has 0 aliphatic heterocycles. The van der Waals surface area contributed by atoms with Crippen LogP contribution in [0, 0.1) is 12.8 Å². The van der Waals surface area contributed by atoms with Crippen molar-refractivity contribution in [3.05, 3.63) is 17.6 Å². The Bertz CT molecular complexity index is 503. The molecule has 1 fully saturated rings. The van der Waals surface area contributed by atoms with E-state index >= 15 is 0 Å². The van der Waals surface area contributed by atoms with Gasteiger partial charge in [-0.1, -0.05) is 19.3 Å². The number of nitrogens with two attached hydrogens (primary N) is 1. The summed E-state index contributed by atoms with van der Waals surface area (Å²) in [6, 6.07) is 1.50. The molecule has 0 spiro atoms. The van der Waals surface area contributed by atoms with Crippen molar-refractivity contribution in [2.45, 2.75) is 44.0 Å². The number of aryl methyl sites for hydroxylation is 1. The number of nitrogens with one attached hydrogen (secondary N) is 1. The highest BCUT2D eigenvalue weighted by atomic mass is 32.2. The molecule has 0 unspecified atom stereocenters. The van der Waals surface area contributed by atoms with Crippen molar-refractivity contribution in [3.8, 4) is 0 Å². The number of rotatable bonds is 6. The highest BCUT2D eigenvalue weighted by Crippen LogP contribution is 2.29. The number of furan rings is 1. The van der Waals surface area contributed by atoms with Crippen LogP contribution < -0.4 is 10.5 Å². The summed E-state index contributed by atoms with van der Waals surface area (Å²) in [4.78, 5) is 0.205. The van der Waals surface area contributed by atoms with Gasteiger partial charge in [-0.15, -0.1) is 0 Å². The summed E-state index contributed by atoms with van der Waals surface area (Å²) in [5.41, 5.74) is 5.43. The Kier molecular flexibility index (Phi) is 4.09. The maximum Gasteiger partial charge on any atom is 0.244 e. The Morgan fingerprint density at radius 3 is 2.72 bits per heavy atom. The van der Waals surface area contributed by atoms with Crippen LogP contribution in [-0.4, -0.2) is 15.0 Å². The minimum Gasteiger partial charge on any atom is -0.464 e. The van der Waals surface area contributed by atoms with Crippen molar-refractivity contribution in [2.75, 3.05) is 6.54 Å². The second kappa shape index (κ2) is 5.42. The number of sulfonamides is 1. The van der Waals surface area contributed by atoms with Gasteiger partial charge in [0, 0.05) is 12.6 Å². The lowest BCUT2D eigenvalue weighted by atomic mass is 9.83. The van der Waals surface area contributed by atoms with Crippen molar-refractivity contribution < 1.29 is 12.8 Å². The molecular formula is C12H20N2O3S. The van der Waals surface area contributed by atoms with Gasteiger partial charge in [0.25, 0.3) is 0 Å². The summed E-state index contributed by atoms with van der Waals surface area (Å²) in [6.07, 6.45) is 4.64. The molecular weight excluding hydrogens is 252 g/mol. The monoisotopic (exact) mass is 272 g/mol. The molecule has 1 aliphatic carbocycles. The Balaban J connectivity index is 1.97. The van der Waals surface area contributed by atoms with Gasteiger partial charge in [0.15, 0.2) is 0 Å². The van der Waals surface area contributed by atoms with Gasteiger partial charge in [-0.2, -0.15) is 0 Å². The first-order valence-corrected chi connectivity index (χ1v) is 7.80. The van der Waals surface area contributed by atoms with Crippen molar-refractivity contribution in [1.82, 2.24) is 4.72 Å². The van der Waals surface area contributed by atoms with Crippen LogP contribution in [0.4, 0.5) is 0 Å². The van der Waals surface area contributed by atoms with Gasteiger partial charge in [0.1, 0.15) is 16.4 Å². The molecule has 1 aliphatic rings. The average Bonchev–Trinajstić information content (AvgIpc) is 2.64. The van der Waals surface area contributed by atoms with Gasteiger partial charge in [-0.25, -0.2) is 13.1 Å². The molecule has 5 nitrogen and oxygen atoms in total. The molecule has 0 saturated heterocycles. The van der Waals surface area contributed by atoms with Gasteiger partial charge in [0.05, 0.1) is 6.54 Å². The lowest BCUT2D eigenvalue weighted by molar-refractivity contribution is 0.297. The molecule has 3 N–H and O–H groups in total. The number of hydrogen-bond acceptors (Lipinski definition) is 4. The maximum atomic E-state index is 12.1. The summed E-state index contributed by atoms with van der Waals surface area (Å²) in [5.74, 6) is 1.58. The lowest BCUT2D eigenvalue weighted by Gasteiger charge is -2.25. The third-order valence-corrected chi connectivity index (χ3v) is 5.05. The molecule has 0 amide bonds. The van der Waals surface area contributed by atoms with Crippen LogP contribution in [0.2, 0.25) is 0 Å². The first-order chi connectivity index (χ1) is 8.53. The zero-order chi connectivity index (χ0) is 13.2. The molecule has 1 saturated carbocycles. The van der Waals surface area contributed by atoms with Gasteiger partial charge in [0.2, 0.25) is 10.0 Å². The molecule has 1 aromatic rings. The SMILES string of the molecule is Cc1oc(CN)cc1S(=O)(=O)NCCC1CCC1. The highest BCUT2D eigenvalue weighted by molar-refractivity contribution is 7.89. The van der Waals surface area contributed by atoms with Crippen LogP contribution in [0.3, 0.4) is 0 Å². The fourth-order valence-electron chi connectivity index (χ4n) is 2.15. The van der Waals surface area contributed by atoms with E-state index in [0.717, 1.165) is 6.42 Å². The van der Waals surface area contributed by atoms with Gasteiger partial charge >= 0.3 is 0 Å². The summed E-state index contributed by atoms with van der Waals surface area (Å²) >= 11 is 0. The Morgan fingerprint density at radius 2 is 2.22 bits per heavy atom. The average molecular weight is 272 g/mol. The molecule has 0 bridgehead atoms. The summed E-state index contributed by atoms with van der Waals surface area (Å²) in [7, 11) is -3.46. The standard InChI is InChI=1S/C12H20N2O3S/c1-9-12(7-11(8-13)17-9)18(15,16)14-6-5-10-3-2-4-10/h7,10,14H,2-6,8,13H2,1H3. The first-order valence-electron chi connectivity index (χ1n) is 6.32. The van der Waals surface area contributed by atoms with E-state index in [2.05, 4.69) is 4.72 Å². The molecule has 0 atom stereocenters. The molecule has 102 valence electrons. The lowest BCUT2D eigenvalue weighted by Crippen LogP contribution is -2.27. The van der Waals surface area contributed by atoms with Crippen LogP contribution >= 0.6 is 0 Å². The fourth-order valence-corrected chi connectivity index (χ4v) is 3.40. The van der Waals surface area contributed by atoms with Crippen molar-refractivity contribution in [3.63, 3.8) is 0 Å². The normalized spacial score (nSPS) is 16.8. The van der Waals surface area contributed by atoms with E-state index in [1.54, 1.807) is 6.92 Å². The zero-order valence-corrected chi connectivity index (χ0v) is 11.4. The predicted molar refractivity (Wildman–Crippen MR) is 68.5 cm³/mol. The van der Waals surface area contributed by atoms with Gasteiger partial charge < -0.3 is 10.2 Å². The van der Waals surface area contributed by atoms with Gasteiger partial charge in [-0.3, -0.25) is 0 Å². The third kappa shape index (κ3) is 2.93. The Morgan fingerprint density at radius 1 is 1.50 bits per heavy atom. The Labute approximate surface area is 108 Å². The second-order valence-corrected chi connectivity index (χ2v) is 6.56. The van der Waals surface area contributed by atoms with Crippen LogP contribution in [0.1, 0.15) is 37.2 Å². The molecule has 6 heteroatoms. The minimum absolute atomic E-state index is 0.205. The summed E-state index contributed by atoms with van der Waals surface area (Å²) in [5, 5.41) is 0. The molecule has 18 heavy (non-hydrogen) atoms. The van der Waals surface area contributed by atoms with E-state index < -0.39 is 10.0 Å². The van der Waals surface area contributed by atoms with Crippen molar-refractivity contribution in [2.24, 2.45) is 11.7 Å². The van der Waals surface area contributed by atoms with Gasteiger partial charge in [-0.05, 0) is 19.3 Å². The molecule has 0 aromatic carbocycles. The van der Waals surface area contributed by atoms with Crippen LogP contribution in [0.15, 0.2) is 15.4 Å². The fraction of sp³-hybridized carbons (Fsp3) is 0.667. The summed E-state index contributed by atoms with van der Waals surface area (Å²) < 4.78 is 32.0. The minimum atomic E-state index is -3.46. The maximum absolute atomic E-state index is 12.1. The van der Waals surface area contributed by atoms with Crippen LogP contribution in [-0.2, 0) is 16.6 Å².